The minimum Gasteiger partial charge on any atom is -0.361 e. The summed E-state index contributed by atoms with van der Waals surface area (Å²) in [6, 6.07) is 10.1. The van der Waals surface area contributed by atoms with Crippen LogP contribution in [0.15, 0.2) is 42.7 Å². The molecule has 0 unspecified atom stereocenters. The number of hydrogen-bond acceptors (Lipinski definition) is 3. The zero-order chi connectivity index (χ0) is 18.1. The highest BCUT2D eigenvalue weighted by atomic mass is 16.1. The number of H-pyrrole nitrogens is 1. The molecule has 1 fully saturated rings. The fourth-order valence-electron chi connectivity index (χ4n) is 4.13. The number of piperidine rings is 1. The molecular formula is C20H25N5O. The Hall–Kier alpha value is -2.60. The summed E-state index contributed by atoms with van der Waals surface area (Å²) in [5, 5.41) is 8.59. The molecular weight excluding hydrogens is 326 g/mol. The lowest BCUT2D eigenvalue weighted by molar-refractivity contribution is 0.0880. The van der Waals surface area contributed by atoms with E-state index in [4.69, 9.17) is 0 Å². The van der Waals surface area contributed by atoms with Gasteiger partial charge in [-0.15, -0.1) is 0 Å². The van der Waals surface area contributed by atoms with E-state index < -0.39 is 0 Å². The van der Waals surface area contributed by atoms with Crippen molar-refractivity contribution in [1.82, 2.24) is 25.0 Å². The van der Waals surface area contributed by atoms with E-state index in [0.29, 0.717) is 18.0 Å². The normalized spacial score (nSPS) is 21.2. The number of aromatic amines is 1. The molecule has 1 aliphatic heterocycles. The maximum Gasteiger partial charge on any atom is 0.251 e. The molecule has 3 aromatic rings. The molecule has 3 heterocycles. The molecule has 0 saturated carbocycles. The Morgan fingerprint density at radius 3 is 3.00 bits per heavy atom. The monoisotopic (exact) mass is 351 g/mol. The smallest absolute Gasteiger partial charge is 0.251 e. The Balaban J connectivity index is 1.48. The summed E-state index contributed by atoms with van der Waals surface area (Å²) < 4.78 is 1.94. The lowest BCUT2D eigenvalue weighted by Crippen LogP contribution is -2.42. The zero-order valence-corrected chi connectivity index (χ0v) is 15.3. The Bertz CT molecular complexity index is 912. The van der Waals surface area contributed by atoms with Gasteiger partial charge in [-0.25, -0.2) is 0 Å². The second-order valence-corrected chi connectivity index (χ2v) is 7.20. The first kappa shape index (κ1) is 16.8. The number of amides is 1. The van der Waals surface area contributed by atoms with Gasteiger partial charge in [0.1, 0.15) is 0 Å². The van der Waals surface area contributed by atoms with Crippen LogP contribution in [0.3, 0.4) is 0 Å². The third-order valence-corrected chi connectivity index (χ3v) is 5.51. The van der Waals surface area contributed by atoms with Crippen LogP contribution in [0.4, 0.5) is 0 Å². The number of carbonyl (C=O) groups excluding carboxylic acids is 1. The van der Waals surface area contributed by atoms with Crippen LogP contribution in [0.2, 0.25) is 0 Å². The van der Waals surface area contributed by atoms with Crippen molar-refractivity contribution in [2.75, 3.05) is 20.1 Å². The number of hydrogen-bond donors (Lipinski definition) is 2. The highest BCUT2D eigenvalue weighted by Gasteiger charge is 2.32. The molecule has 0 spiro atoms. The van der Waals surface area contributed by atoms with Crippen molar-refractivity contribution in [3.8, 4) is 0 Å². The molecule has 0 aliphatic carbocycles. The molecule has 1 aromatic carbocycles. The number of fused-ring (bicyclic) bond motifs is 1. The van der Waals surface area contributed by atoms with Gasteiger partial charge in [0.25, 0.3) is 5.91 Å². The Labute approximate surface area is 153 Å². The Morgan fingerprint density at radius 1 is 1.31 bits per heavy atom. The molecule has 26 heavy (non-hydrogen) atoms. The molecule has 1 aliphatic rings. The predicted octanol–water partition coefficient (Wildman–Crippen LogP) is 2.71. The fourth-order valence-corrected chi connectivity index (χ4v) is 4.13. The molecule has 0 radical (unpaired) electrons. The van der Waals surface area contributed by atoms with Gasteiger partial charge < -0.3 is 10.3 Å². The maximum atomic E-state index is 12.6. The van der Waals surface area contributed by atoms with Crippen LogP contribution in [0, 0.1) is 5.92 Å². The number of rotatable bonds is 4. The Morgan fingerprint density at radius 2 is 2.19 bits per heavy atom. The third-order valence-electron chi connectivity index (χ3n) is 5.51. The van der Waals surface area contributed by atoms with E-state index >= 15 is 0 Å². The van der Waals surface area contributed by atoms with Gasteiger partial charge in [-0.1, -0.05) is 6.07 Å². The van der Waals surface area contributed by atoms with E-state index in [9.17, 15) is 4.79 Å². The van der Waals surface area contributed by atoms with E-state index in [-0.39, 0.29) is 11.9 Å². The van der Waals surface area contributed by atoms with Gasteiger partial charge in [0.2, 0.25) is 0 Å². The van der Waals surface area contributed by atoms with Crippen molar-refractivity contribution >= 4 is 16.8 Å². The number of benzene rings is 1. The maximum absolute atomic E-state index is 12.6. The number of nitrogens with zero attached hydrogens (tertiary/aromatic N) is 3. The molecule has 2 N–H and O–H groups in total. The lowest BCUT2D eigenvalue weighted by atomic mass is 9.87. The first-order valence-corrected chi connectivity index (χ1v) is 9.17. The zero-order valence-electron chi connectivity index (χ0n) is 15.3. The van der Waals surface area contributed by atoms with Crippen molar-refractivity contribution in [2.24, 2.45) is 13.0 Å². The Kier molecular flexibility index (Phi) is 4.51. The summed E-state index contributed by atoms with van der Waals surface area (Å²) in [6.07, 6.45) is 6.00. The van der Waals surface area contributed by atoms with Crippen molar-refractivity contribution < 1.29 is 4.79 Å². The van der Waals surface area contributed by atoms with E-state index in [1.165, 1.54) is 5.69 Å². The highest BCUT2D eigenvalue weighted by molar-refractivity contribution is 5.97. The van der Waals surface area contributed by atoms with Crippen molar-refractivity contribution in [3.05, 3.63) is 54.0 Å². The molecule has 4 rings (SSSR count). The standard InChI is InChI=1S/C20H25N5O/c1-24-11-3-4-16(19(24)18-8-10-23-25(18)2)13-22-20(26)15-6-5-14-7-9-21-17(14)12-15/h5-10,12,16,19,21H,3-4,11,13H2,1-2H3,(H,22,26)/t16-,19+/m0/s1. The van der Waals surface area contributed by atoms with Crippen molar-refractivity contribution in [1.29, 1.82) is 0 Å². The highest BCUT2D eigenvalue weighted by Crippen LogP contribution is 2.34. The number of carbonyl (C=O) groups is 1. The van der Waals surface area contributed by atoms with Gasteiger partial charge in [0, 0.05) is 37.1 Å². The van der Waals surface area contributed by atoms with Crippen molar-refractivity contribution in [2.45, 2.75) is 18.9 Å². The molecule has 6 nitrogen and oxygen atoms in total. The number of nitrogens with one attached hydrogen (secondary N) is 2. The quantitative estimate of drug-likeness (QED) is 0.759. The molecule has 2 aromatic heterocycles. The van der Waals surface area contributed by atoms with Crippen LogP contribution in [-0.4, -0.2) is 45.7 Å². The lowest BCUT2D eigenvalue weighted by Gasteiger charge is -2.39. The van der Waals surface area contributed by atoms with Crippen LogP contribution >= 0.6 is 0 Å². The van der Waals surface area contributed by atoms with Gasteiger partial charge in [-0.2, -0.15) is 5.10 Å². The average Bonchev–Trinajstić information content (AvgIpc) is 3.27. The molecule has 0 bridgehead atoms. The van der Waals surface area contributed by atoms with Crippen LogP contribution in [0.25, 0.3) is 10.9 Å². The van der Waals surface area contributed by atoms with Crippen LogP contribution < -0.4 is 5.32 Å². The van der Waals surface area contributed by atoms with E-state index in [1.54, 1.807) is 0 Å². The minimum atomic E-state index is -0.0153. The number of aromatic nitrogens is 3. The summed E-state index contributed by atoms with van der Waals surface area (Å²) in [5.41, 5.74) is 2.89. The second-order valence-electron chi connectivity index (χ2n) is 7.20. The SMILES string of the molecule is CN1CCC[C@@H](CNC(=O)c2ccc3cc[nH]c3c2)[C@@H]1c1ccnn1C. The topological polar surface area (TPSA) is 66.0 Å². The van der Waals surface area contributed by atoms with Gasteiger partial charge >= 0.3 is 0 Å². The summed E-state index contributed by atoms with van der Waals surface area (Å²) in [4.78, 5) is 18.2. The molecule has 1 amide bonds. The summed E-state index contributed by atoms with van der Waals surface area (Å²) in [7, 11) is 4.14. The number of likely N-dealkylation sites (tertiary alicyclic amines) is 1. The fraction of sp³-hybridized carbons (Fsp3) is 0.400. The van der Waals surface area contributed by atoms with Gasteiger partial charge in [-0.05, 0) is 62.0 Å². The van der Waals surface area contributed by atoms with E-state index in [0.717, 1.165) is 30.3 Å². The summed E-state index contributed by atoms with van der Waals surface area (Å²) in [5.74, 6) is 0.362. The van der Waals surface area contributed by atoms with Crippen LogP contribution in [0.5, 0.6) is 0 Å². The average molecular weight is 351 g/mol. The van der Waals surface area contributed by atoms with Gasteiger partial charge in [0.15, 0.2) is 0 Å². The van der Waals surface area contributed by atoms with Crippen LogP contribution in [-0.2, 0) is 7.05 Å². The first-order valence-electron chi connectivity index (χ1n) is 9.17. The summed E-state index contributed by atoms with van der Waals surface area (Å²) in [6.45, 7) is 1.74. The second kappa shape index (κ2) is 6.96. The molecule has 136 valence electrons. The van der Waals surface area contributed by atoms with Gasteiger partial charge in [-0.3, -0.25) is 14.4 Å². The largest absolute Gasteiger partial charge is 0.361 e. The summed E-state index contributed by atoms with van der Waals surface area (Å²) >= 11 is 0. The minimum absolute atomic E-state index is 0.0153. The number of aryl methyl sites for hydroxylation is 1. The molecule has 1 saturated heterocycles. The molecule has 6 heteroatoms. The van der Waals surface area contributed by atoms with E-state index in [1.807, 2.05) is 48.4 Å². The van der Waals surface area contributed by atoms with E-state index in [2.05, 4.69) is 33.4 Å². The van der Waals surface area contributed by atoms with Crippen LogP contribution in [0.1, 0.15) is 34.9 Å². The first-order chi connectivity index (χ1) is 12.6. The third kappa shape index (κ3) is 3.12. The molecule has 2 atom stereocenters. The van der Waals surface area contributed by atoms with Gasteiger partial charge in [0.05, 0.1) is 11.7 Å². The van der Waals surface area contributed by atoms with Crippen molar-refractivity contribution in [3.63, 3.8) is 0 Å². The predicted molar refractivity (Wildman–Crippen MR) is 102 cm³/mol.